The van der Waals surface area contributed by atoms with Gasteiger partial charge in [0, 0.05) is 0 Å². The number of rotatable bonds is 1. The molecule has 1 N–H and O–H groups in total. The minimum atomic E-state index is 0.911. The van der Waals surface area contributed by atoms with Crippen LogP contribution in [0.15, 0.2) is 36.7 Å². The van der Waals surface area contributed by atoms with E-state index in [-0.39, 0.29) is 0 Å². The second-order valence-electron chi connectivity index (χ2n) is 3.46. The van der Waals surface area contributed by atoms with Gasteiger partial charge in [0.2, 0.25) is 0 Å². The van der Waals surface area contributed by atoms with Crippen LogP contribution in [-0.4, -0.2) is 19.6 Å². The lowest BCUT2D eigenvalue weighted by atomic mass is 10.3. The summed E-state index contributed by atoms with van der Waals surface area (Å²) in [7, 11) is 0. The second-order valence-corrected chi connectivity index (χ2v) is 3.46. The van der Waals surface area contributed by atoms with E-state index in [2.05, 4.69) is 15.1 Å². The zero-order valence-corrected chi connectivity index (χ0v) is 8.31. The first kappa shape index (κ1) is 8.23. The molecular formula is C11H10N4. The quantitative estimate of drug-likeness (QED) is 0.650. The van der Waals surface area contributed by atoms with Gasteiger partial charge in [-0.2, -0.15) is 5.10 Å². The summed E-state index contributed by atoms with van der Waals surface area (Å²) in [5.41, 5.74) is 3.10. The molecule has 74 valence electrons. The molecule has 4 heteroatoms. The molecule has 0 atom stereocenters. The zero-order valence-electron chi connectivity index (χ0n) is 8.31. The topological polar surface area (TPSA) is 46.0 Å². The Bertz CT molecular complexity index is 606. The molecule has 0 aromatic carbocycles. The maximum atomic E-state index is 4.27. The van der Waals surface area contributed by atoms with Crippen molar-refractivity contribution < 1.29 is 0 Å². The molecule has 0 aliphatic heterocycles. The summed E-state index contributed by atoms with van der Waals surface area (Å²) in [5.74, 6) is 0.911. The Hall–Kier alpha value is -2.10. The Balaban J connectivity index is 2.30. The van der Waals surface area contributed by atoms with Crippen LogP contribution in [0.5, 0.6) is 0 Å². The number of aromatic nitrogens is 4. The van der Waals surface area contributed by atoms with Gasteiger partial charge in [-0.05, 0) is 25.1 Å². The van der Waals surface area contributed by atoms with E-state index in [1.54, 1.807) is 6.20 Å². The van der Waals surface area contributed by atoms with Crippen molar-refractivity contribution in [1.82, 2.24) is 19.6 Å². The van der Waals surface area contributed by atoms with Gasteiger partial charge in [-0.15, -0.1) is 0 Å². The van der Waals surface area contributed by atoms with E-state index in [0.29, 0.717) is 0 Å². The maximum absolute atomic E-state index is 4.27. The third kappa shape index (κ3) is 1.22. The summed E-state index contributed by atoms with van der Waals surface area (Å²) in [4.78, 5) is 7.39. The summed E-state index contributed by atoms with van der Waals surface area (Å²) >= 11 is 0. The summed E-state index contributed by atoms with van der Waals surface area (Å²) < 4.78 is 1.90. The van der Waals surface area contributed by atoms with Crippen LogP contribution in [0.4, 0.5) is 0 Å². The predicted molar refractivity (Wildman–Crippen MR) is 57.5 cm³/mol. The number of pyridine rings is 1. The first-order valence-electron chi connectivity index (χ1n) is 4.79. The van der Waals surface area contributed by atoms with Crippen LogP contribution < -0.4 is 0 Å². The molecule has 0 unspecified atom stereocenters. The fraction of sp³-hybridized carbons (Fsp3) is 0.0909. The van der Waals surface area contributed by atoms with Gasteiger partial charge in [-0.1, -0.05) is 6.07 Å². The molecule has 3 aromatic heterocycles. The SMILES string of the molecule is Cc1ncc(-c2cccc3ccnn23)[nH]1. The van der Waals surface area contributed by atoms with E-state index < -0.39 is 0 Å². The molecule has 0 radical (unpaired) electrons. The molecule has 0 fully saturated rings. The van der Waals surface area contributed by atoms with Crippen LogP contribution in [0, 0.1) is 6.92 Å². The smallest absolute Gasteiger partial charge is 0.103 e. The Morgan fingerprint density at radius 1 is 1.27 bits per heavy atom. The van der Waals surface area contributed by atoms with Gasteiger partial charge in [-0.3, -0.25) is 0 Å². The Morgan fingerprint density at radius 3 is 3.00 bits per heavy atom. The van der Waals surface area contributed by atoms with Crippen molar-refractivity contribution in [3.8, 4) is 11.4 Å². The van der Waals surface area contributed by atoms with Gasteiger partial charge in [0.05, 0.1) is 29.3 Å². The minimum absolute atomic E-state index is 0.911. The van der Waals surface area contributed by atoms with Crippen molar-refractivity contribution in [3.63, 3.8) is 0 Å². The second kappa shape index (κ2) is 2.95. The molecule has 0 spiro atoms. The third-order valence-corrected chi connectivity index (χ3v) is 2.40. The third-order valence-electron chi connectivity index (χ3n) is 2.40. The van der Waals surface area contributed by atoms with Gasteiger partial charge in [-0.25, -0.2) is 9.50 Å². The van der Waals surface area contributed by atoms with Gasteiger partial charge in [0.15, 0.2) is 0 Å². The van der Waals surface area contributed by atoms with Crippen molar-refractivity contribution >= 4 is 5.52 Å². The fourth-order valence-corrected chi connectivity index (χ4v) is 1.70. The molecule has 3 heterocycles. The lowest BCUT2D eigenvalue weighted by Gasteiger charge is -2.01. The largest absolute Gasteiger partial charge is 0.341 e. The van der Waals surface area contributed by atoms with Crippen LogP contribution in [0.1, 0.15) is 5.82 Å². The minimum Gasteiger partial charge on any atom is -0.341 e. The molecular weight excluding hydrogens is 188 g/mol. The van der Waals surface area contributed by atoms with Gasteiger partial charge >= 0.3 is 0 Å². The standard InChI is InChI=1S/C11H10N4/c1-8-12-7-10(14-8)11-4-2-3-9-5-6-13-15(9)11/h2-7H,1H3,(H,12,14). The summed E-state index contributed by atoms with van der Waals surface area (Å²) in [6, 6.07) is 8.04. The summed E-state index contributed by atoms with van der Waals surface area (Å²) in [6.45, 7) is 1.94. The molecule has 15 heavy (non-hydrogen) atoms. The molecule has 4 nitrogen and oxygen atoms in total. The van der Waals surface area contributed by atoms with E-state index in [0.717, 1.165) is 22.7 Å². The molecule has 0 saturated heterocycles. The van der Waals surface area contributed by atoms with Gasteiger partial charge in [0.25, 0.3) is 0 Å². The molecule has 0 aliphatic rings. The number of nitrogens with one attached hydrogen (secondary N) is 1. The van der Waals surface area contributed by atoms with Crippen LogP contribution in [-0.2, 0) is 0 Å². The Labute approximate surface area is 86.6 Å². The molecule has 0 saturated carbocycles. The lowest BCUT2D eigenvalue weighted by Crippen LogP contribution is -1.92. The number of imidazole rings is 1. The Kier molecular flexibility index (Phi) is 1.62. The first-order chi connectivity index (χ1) is 7.34. The highest BCUT2D eigenvalue weighted by atomic mass is 15.2. The van der Waals surface area contributed by atoms with E-state index in [1.165, 1.54) is 0 Å². The van der Waals surface area contributed by atoms with Gasteiger partial charge < -0.3 is 4.98 Å². The highest BCUT2D eigenvalue weighted by Gasteiger charge is 2.05. The number of fused-ring (bicyclic) bond motifs is 1. The van der Waals surface area contributed by atoms with E-state index in [1.807, 2.05) is 41.9 Å². The molecule has 3 aromatic rings. The van der Waals surface area contributed by atoms with Crippen molar-refractivity contribution in [3.05, 3.63) is 42.5 Å². The predicted octanol–water partition coefficient (Wildman–Crippen LogP) is 2.03. The van der Waals surface area contributed by atoms with Crippen LogP contribution in [0.25, 0.3) is 16.9 Å². The van der Waals surface area contributed by atoms with Crippen molar-refractivity contribution in [2.75, 3.05) is 0 Å². The average Bonchev–Trinajstić information content (AvgIpc) is 2.84. The lowest BCUT2D eigenvalue weighted by molar-refractivity contribution is 0.963. The number of aryl methyl sites for hydroxylation is 1. The van der Waals surface area contributed by atoms with Crippen molar-refractivity contribution in [1.29, 1.82) is 0 Å². The maximum Gasteiger partial charge on any atom is 0.103 e. The molecule has 0 aliphatic carbocycles. The normalized spacial score (nSPS) is 11.0. The van der Waals surface area contributed by atoms with Crippen LogP contribution >= 0.6 is 0 Å². The fourth-order valence-electron chi connectivity index (χ4n) is 1.70. The van der Waals surface area contributed by atoms with Gasteiger partial charge in [0.1, 0.15) is 5.82 Å². The van der Waals surface area contributed by atoms with E-state index >= 15 is 0 Å². The highest BCUT2D eigenvalue weighted by molar-refractivity contribution is 5.60. The van der Waals surface area contributed by atoms with E-state index in [4.69, 9.17) is 0 Å². The van der Waals surface area contributed by atoms with E-state index in [9.17, 15) is 0 Å². The molecule has 3 rings (SSSR count). The monoisotopic (exact) mass is 198 g/mol. The number of H-pyrrole nitrogens is 1. The number of nitrogens with zero attached hydrogens (tertiary/aromatic N) is 3. The number of aromatic amines is 1. The van der Waals surface area contributed by atoms with Crippen molar-refractivity contribution in [2.45, 2.75) is 6.92 Å². The first-order valence-corrected chi connectivity index (χ1v) is 4.79. The zero-order chi connectivity index (χ0) is 10.3. The van der Waals surface area contributed by atoms with Crippen LogP contribution in [0.3, 0.4) is 0 Å². The molecule has 0 amide bonds. The number of hydrogen-bond donors (Lipinski definition) is 1. The Morgan fingerprint density at radius 2 is 2.20 bits per heavy atom. The summed E-state index contributed by atoms with van der Waals surface area (Å²) in [6.07, 6.45) is 3.62. The van der Waals surface area contributed by atoms with Crippen molar-refractivity contribution in [2.24, 2.45) is 0 Å². The number of hydrogen-bond acceptors (Lipinski definition) is 2. The molecule has 0 bridgehead atoms. The average molecular weight is 198 g/mol. The van der Waals surface area contributed by atoms with Crippen LogP contribution in [0.2, 0.25) is 0 Å². The highest BCUT2D eigenvalue weighted by Crippen LogP contribution is 2.17. The summed E-state index contributed by atoms with van der Waals surface area (Å²) in [5, 5.41) is 4.27.